The lowest BCUT2D eigenvalue weighted by Crippen LogP contribution is -2.25. The topological polar surface area (TPSA) is 216 Å². The first kappa shape index (κ1) is 25.9. The molecule has 7 rings (SSSR count). The number of H-pyrrole nitrogens is 1. The summed E-state index contributed by atoms with van der Waals surface area (Å²) in [7, 11) is 0. The van der Waals surface area contributed by atoms with Crippen LogP contribution in [0.2, 0.25) is 0 Å². The molecule has 0 saturated carbocycles. The molecule has 0 spiro atoms. The van der Waals surface area contributed by atoms with Crippen LogP contribution >= 0.6 is 6.72 Å². The van der Waals surface area contributed by atoms with Crippen LogP contribution in [0.1, 0.15) is 50.1 Å². The molecule has 212 valence electrons. The third-order valence-electron chi connectivity index (χ3n) is 7.71. The lowest BCUT2D eigenvalue weighted by Gasteiger charge is -2.26. The van der Waals surface area contributed by atoms with Crippen LogP contribution in [-0.2, 0) is 30.3 Å². The van der Waals surface area contributed by atoms with E-state index < -0.39 is 24.6 Å². The maximum atomic E-state index is 12.3. The van der Waals surface area contributed by atoms with Crippen molar-refractivity contribution in [3.63, 3.8) is 0 Å². The van der Waals surface area contributed by atoms with Gasteiger partial charge in [0.25, 0.3) is 5.56 Å². The number of hydrogen-bond acceptors (Lipinski definition) is 13. The Hall–Kier alpha value is -3.05. The van der Waals surface area contributed by atoms with Gasteiger partial charge in [0.15, 0.2) is 28.9 Å². The van der Waals surface area contributed by atoms with Gasteiger partial charge in [0.05, 0.1) is 37.0 Å². The van der Waals surface area contributed by atoms with Gasteiger partial charge in [-0.05, 0) is 37.0 Å². The van der Waals surface area contributed by atoms with Crippen molar-refractivity contribution >= 4 is 47.1 Å². The number of aromatic amines is 1. The highest BCUT2D eigenvalue weighted by atomic mass is 32.5. The second kappa shape index (κ2) is 9.80. The number of ether oxygens (including phenoxy) is 2. The highest BCUT2D eigenvalue weighted by Gasteiger charge is 2.44. The molecule has 2 bridgehead atoms. The van der Waals surface area contributed by atoms with Crippen LogP contribution in [-0.4, -0.2) is 68.9 Å². The van der Waals surface area contributed by atoms with Crippen molar-refractivity contribution in [2.24, 2.45) is 5.92 Å². The molecule has 0 aromatic carbocycles. The Labute approximate surface area is 231 Å². The van der Waals surface area contributed by atoms with E-state index in [2.05, 4.69) is 30.0 Å². The average Bonchev–Trinajstić information content (AvgIpc) is 3.67. The molecule has 0 amide bonds. The number of nitrogens with two attached hydrogens (primary N) is 2. The van der Waals surface area contributed by atoms with Crippen molar-refractivity contribution < 1.29 is 23.4 Å². The minimum Gasteiger partial charge on any atom is -0.381 e. The predicted molar refractivity (Wildman–Crippen MR) is 143 cm³/mol. The predicted octanol–water partition coefficient (Wildman–Crippen LogP) is 0.958. The van der Waals surface area contributed by atoms with Gasteiger partial charge < -0.3 is 34.9 Å². The van der Waals surface area contributed by atoms with Crippen LogP contribution in [0.3, 0.4) is 0 Å². The normalized spacial score (nSPS) is 33.1. The Balaban J connectivity index is 1.13. The molecule has 4 aromatic heterocycles. The summed E-state index contributed by atoms with van der Waals surface area (Å²) < 4.78 is 27.8. The summed E-state index contributed by atoms with van der Waals surface area (Å²) in [6, 6.07) is 0. The van der Waals surface area contributed by atoms with E-state index in [0.717, 1.165) is 25.0 Å². The molecule has 7 heterocycles. The molecule has 0 radical (unpaired) electrons. The summed E-state index contributed by atoms with van der Waals surface area (Å²) >= 11 is 5.40. The minimum atomic E-state index is -3.71. The van der Waals surface area contributed by atoms with Crippen LogP contribution in [0, 0.1) is 5.92 Å². The van der Waals surface area contributed by atoms with Crippen molar-refractivity contribution in [1.82, 2.24) is 39.1 Å². The number of anilines is 2. The maximum Gasteiger partial charge on any atom is 0.325 e. The summed E-state index contributed by atoms with van der Waals surface area (Å²) in [5.74, 6) is 0.376. The molecule has 2 unspecified atom stereocenters. The monoisotopic (exact) mass is 590 g/mol. The number of fused-ring (bicyclic) bond motifs is 5. The molecule has 16 nitrogen and oxygen atoms in total. The van der Waals surface area contributed by atoms with Crippen LogP contribution in [0.5, 0.6) is 0 Å². The van der Waals surface area contributed by atoms with Crippen LogP contribution in [0.4, 0.5) is 11.8 Å². The van der Waals surface area contributed by atoms with E-state index in [-0.39, 0.29) is 53.8 Å². The Morgan fingerprint density at radius 2 is 2.00 bits per heavy atom. The lowest BCUT2D eigenvalue weighted by atomic mass is 9.92. The van der Waals surface area contributed by atoms with E-state index in [1.807, 2.05) is 0 Å². The number of rotatable bonds is 2. The van der Waals surface area contributed by atoms with Gasteiger partial charge >= 0.3 is 6.72 Å². The number of aromatic nitrogens is 8. The van der Waals surface area contributed by atoms with E-state index >= 15 is 0 Å². The van der Waals surface area contributed by atoms with E-state index in [0.29, 0.717) is 18.5 Å². The van der Waals surface area contributed by atoms with E-state index in [1.165, 1.54) is 12.7 Å². The van der Waals surface area contributed by atoms with Crippen LogP contribution in [0.25, 0.3) is 16.8 Å². The highest BCUT2D eigenvalue weighted by molar-refractivity contribution is 8.07. The fourth-order valence-electron chi connectivity index (χ4n) is 5.89. The molecule has 3 saturated heterocycles. The Morgan fingerprint density at radius 3 is 2.88 bits per heavy atom. The fourth-order valence-corrected chi connectivity index (χ4v) is 7.34. The van der Waals surface area contributed by atoms with Gasteiger partial charge in [-0.3, -0.25) is 14.3 Å². The van der Waals surface area contributed by atoms with Crippen molar-refractivity contribution in [2.45, 2.75) is 62.7 Å². The smallest absolute Gasteiger partial charge is 0.325 e. The van der Waals surface area contributed by atoms with Crippen molar-refractivity contribution in [3.05, 3.63) is 34.9 Å². The first-order valence-corrected chi connectivity index (χ1v) is 15.5. The molecule has 18 heteroatoms. The zero-order valence-electron chi connectivity index (χ0n) is 21.1. The van der Waals surface area contributed by atoms with Gasteiger partial charge in [0.1, 0.15) is 18.5 Å². The quantitative estimate of drug-likeness (QED) is 0.239. The lowest BCUT2D eigenvalue weighted by molar-refractivity contribution is -0.0361. The SMILES string of the molecule is Nc1nc2c(ncn2[C@@H]2OC3CCC[C@H]4C[C@H](c5cnc6c(N)ncnn56)O[C@@H]4COP(O)(=S)O[C@@H]2C3)c(=O)[nH]1. The molecule has 6 N–H and O–H groups in total. The van der Waals surface area contributed by atoms with Gasteiger partial charge in [-0.2, -0.15) is 10.1 Å². The van der Waals surface area contributed by atoms with Gasteiger partial charge in [0, 0.05) is 6.42 Å². The Bertz CT molecular complexity index is 1690. The molecular formula is C22H27N10O6PS. The number of nitrogen functional groups attached to an aromatic ring is 2. The van der Waals surface area contributed by atoms with Crippen molar-refractivity contribution in [3.8, 4) is 0 Å². The standard InChI is InChI=1S/C22H27N10O6PS/c23-17-19-25-6-12(32(19)28-8-26-17)13-4-10-2-1-3-11-5-14(38-39(34,40)35-7-15(10)37-13)21(36-11)31-9-27-16-18(31)29-22(24)30-20(16)33/h6,8-11,13-15,21H,1-5,7H2,(H,34,40)(H2,23,26,28)(H3,24,29,30,33)/t10-,11?,13+,14+,15+,21+,39?/m0/s1. The Morgan fingerprint density at radius 1 is 1.12 bits per heavy atom. The minimum absolute atomic E-state index is 0.0440. The number of imidazole rings is 2. The molecule has 3 fully saturated rings. The van der Waals surface area contributed by atoms with E-state index in [9.17, 15) is 9.69 Å². The maximum absolute atomic E-state index is 12.3. The average molecular weight is 591 g/mol. The number of nitrogens with zero attached hydrogens (tertiary/aromatic N) is 7. The van der Waals surface area contributed by atoms with Gasteiger partial charge in [-0.15, -0.1) is 0 Å². The fraction of sp³-hybridized carbons (Fsp3) is 0.545. The third kappa shape index (κ3) is 4.56. The van der Waals surface area contributed by atoms with Gasteiger partial charge in [-0.1, -0.05) is 6.42 Å². The summed E-state index contributed by atoms with van der Waals surface area (Å²) in [6.07, 6.45) is 6.00. The summed E-state index contributed by atoms with van der Waals surface area (Å²) in [5.41, 5.74) is 12.9. The molecule has 40 heavy (non-hydrogen) atoms. The highest BCUT2D eigenvalue weighted by Crippen LogP contribution is 2.52. The summed E-state index contributed by atoms with van der Waals surface area (Å²) in [6.45, 7) is -3.64. The molecular weight excluding hydrogens is 563 g/mol. The number of hydrogen-bond donors (Lipinski definition) is 4. The second-order valence-corrected chi connectivity index (χ2v) is 13.0. The second-order valence-electron chi connectivity index (χ2n) is 10.2. The molecule has 3 aliphatic heterocycles. The largest absolute Gasteiger partial charge is 0.381 e. The summed E-state index contributed by atoms with van der Waals surface area (Å²) in [5, 5.41) is 4.29. The van der Waals surface area contributed by atoms with Crippen molar-refractivity contribution in [2.75, 3.05) is 18.1 Å². The van der Waals surface area contributed by atoms with E-state index in [1.54, 1.807) is 15.3 Å². The van der Waals surface area contributed by atoms with Gasteiger partial charge in [-0.25, -0.2) is 19.5 Å². The van der Waals surface area contributed by atoms with E-state index in [4.69, 9.17) is 41.8 Å². The van der Waals surface area contributed by atoms with Gasteiger partial charge in [0.2, 0.25) is 5.95 Å². The molecule has 7 atom stereocenters. The zero-order chi connectivity index (χ0) is 27.6. The Kier molecular flexibility index (Phi) is 6.34. The first-order valence-electron chi connectivity index (χ1n) is 12.9. The van der Waals surface area contributed by atoms with Crippen LogP contribution in [0.15, 0.2) is 23.6 Å². The third-order valence-corrected chi connectivity index (χ3v) is 9.30. The summed E-state index contributed by atoms with van der Waals surface area (Å²) in [4.78, 5) is 42.5. The van der Waals surface area contributed by atoms with Crippen LogP contribution < -0.4 is 17.0 Å². The first-order chi connectivity index (χ1) is 19.3. The zero-order valence-corrected chi connectivity index (χ0v) is 22.8. The van der Waals surface area contributed by atoms with Crippen molar-refractivity contribution in [1.29, 1.82) is 0 Å². The number of nitrogens with one attached hydrogen (secondary N) is 1. The molecule has 3 aliphatic rings. The molecule has 0 aliphatic carbocycles. The molecule has 4 aromatic rings.